The topological polar surface area (TPSA) is 124 Å². The highest BCUT2D eigenvalue weighted by Crippen LogP contribution is 2.43. The molecule has 0 spiro atoms. The Balaban J connectivity index is 1.06. The lowest BCUT2D eigenvalue weighted by atomic mass is 9.94. The van der Waals surface area contributed by atoms with Crippen molar-refractivity contribution in [1.29, 1.82) is 0 Å². The number of rotatable bonds is 27. The summed E-state index contributed by atoms with van der Waals surface area (Å²) in [6, 6.07) is 25.0. The Hall–Kier alpha value is -6.36. The van der Waals surface area contributed by atoms with Gasteiger partial charge in [0.05, 0.1) is 29.9 Å². The van der Waals surface area contributed by atoms with E-state index in [0.29, 0.717) is 61.2 Å². The molecule has 2 unspecified atom stereocenters. The summed E-state index contributed by atoms with van der Waals surface area (Å²) in [7, 11) is 0. The normalized spacial score (nSPS) is 14.6. The molecule has 5 rings (SSSR count). The van der Waals surface area contributed by atoms with Crippen LogP contribution < -0.4 is 10.6 Å². The second kappa shape index (κ2) is 30.3. The van der Waals surface area contributed by atoms with Gasteiger partial charge < -0.3 is 30.3 Å². The lowest BCUT2D eigenvalue weighted by molar-refractivity contribution is -0.132. The maximum absolute atomic E-state index is 14.4. The number of para-hydroxylation sites is 1. The first-order valence-electron chi connectivity index (χ1n) is 25.3. The lowest BCUT2D eigenvalue weighted by Crippen LogP contribution is -2.47. The molecule has 372 valence electrons. The minimum Gasteiger partial charge on any atom is -0.393 e. The van der Waals surface area contributed by atoms with E-state index >= 15 is 0 Å². The summed E-state index contributed by atoms with van der Waals surface area (Å²) in [5.74, 6) is -0.978. The molecule has 70 heavy (non-hydrogen) atoms. The molecule has 2 atom stereocenters. The number of halogens is 1. The summed E-state index contributed by atoms with van der Waals surface area (Å²) >= 11 is 0. The van der Waals surface area contributed by atoms with Crippen LogP contribution in [0, 0.1) is 5.82 Å². The van der Waals surface area contributed by atoms with Gasteiger partial charge in [0.2, 0.25) is 11.8 Å². The number of aliphatic hydroxyl groups excluding tert-OH is 2. The largest absolute Gasteiger partial charge is 0.393 e. The number of aliphatic hydroxyl groups is 2. The van der Waals surface area contributed by atoms with Crippen LogP contribution in [0.2, 0.25) is 0 Å². The molecule has 1 saturated heterocycles. The summed E-state index contributed by atoms with van der Waals surface area (Å²) < 4.78 is 16.4. The van der Waals surface area contributed by atoms with Crippen LogP contribution in [0.1, 0.15) is 126 Å². The van der Waals surface area contributed by atoms with Gasteiger partial charge in [-0.05, 0) is 124 Å². The Labute approximate surface area is 416 Å². The highest BCUT2D eigenvalue weighted by atomic mass is 19.1. The van der Waals surface area contributed by atoms with Crippen molar-refractivity contribution in [1.82, 2.24) is 14.8 Å². The molecule has 3 aromatic carbocycles. The number of carbonyl (C=O) groups excluding carboxylic acids is 3. The highest BCUT2D eigenvalue weighted by Gasteiger charge is 2.31. The third kappa shape index (κ3) is 18.2. The van der Waals surface area contributed by atoms with Gasteiger partial charge in [-0.3, -0.25) is 14.4 Å². The third-order valence-electron chi connectivity index (χ3n) is 12.3. The first kappa shape index (κ1) is 54.6. The maximum Gasteiger partial charge on any atom is 0.258 e. The maximum atomic E-state index is 14.4. The molecule has 10 heteroatoms. The fourth-order valence-electron chi connectivity index (χ4n) is 8.78. The van der Waals surface area contributed by atoms with E-state index in [2.05, 4.69) is 90.5 Å². The number of amides is 3. The standard InChI is InChI=1S/C60H75FN4O5/c1-4-5-6-7-8-9-10-11-12-13-14-15-16-17-18-19-20-21-28-33-55(69)64-41-38-51(39-42-64)62-54(68)45-53(67)44-52(66)40-43-65-58(46(2)3)57(60(70)63-50-31-26-23-27-32-50)56(47-29-24-22-25-30-47)59(65)48-34-36-49(61)37-35-48/h5-6,8-9,11-12,14-15,17-18,20-27,29-32,34-37,46,51-53,66-67H,4,7,10,13,16,19,28,33,38-45H2,1-3H3,(H,62,68)(H,63,70). The number of likely N-dealkylation sites (tertiary alicyclic amines) is 1. The fourth-order valence-corrected chi connectivity index (χ4v) is 8.78. The van der Waals surface area contributed by atoms with Gasteiger partial charge in [-0.15, -0.1) is 0 Å². The summed E-state index contributed by atoms with van der Waals surface area (Å²) in [5, 5.41) is 28.5. The van der Waals surface area contributed by atoms with E-state index in [-0.39, 0.29) is 61.3 Å². The van der Waals surface area contributed by atoms with Crippen LogP contribution in [0.4, 0.5) is 10.1 Å². The minimum absolute atomic E-state index is 0.0197. The predicted octanol–water partition coefficient (Wildman–Crippen LogP) is 12.8. The molecule has 1 aliphatic heterocycles. The fraction of sp³-hybridized carbons (Fsp3) is 0.383. The molecule has 3 amide bonds. The van der Waals surface area contributed by atoms with Crippen LogP contribution in [0.15, 0.2) is 158 Å². The van der Waals surface area contributed by atoms with Crippen LogP contribution in [0.3, 0.4) is 0 Å². The number of hydrogen-bond acceptors (Lipinski definition) is 5. The average molecular weight is 951 g/mol. The van der Waals surface area contributed by atoms with E-state index in [1.54, 1.807) is 12.1 Å². The molecule has 0 aliphatic carbocycles. The van der Waals surface area contributed by atoms with E-state index in [4.69, 9.17) is 0 Å². The van der Waals surface area contributed by atoms with Gasteiger partial charge in [-0.2, -0.15) is 0 Å². The van der Waals surface area contributed by atoms with Gasteiger partial charge in [0, 0.05) is 49.0 Å². The summed E-state index contributed by atoms with van der Waals surface area (Å²) in [5.41, 5.74) is 4.85. The van der Waals surface area contributed by atoms with E-state index in [9.17, 15) is 29.0 Å². The number of allylic oxidation sites excluding steroid dienone is 12. The highest BCUT2D eigenvalue weighted by molar-refractivity contribution is 6.12. The van der Waals surface area contributed by atoms with Gasteiger partial charge >= 0.3 is 0 Å². The minimum atomic E-state index is -1.08. The van der Waals surface area contributed by atoms with E-state index in [1.807, 2.05) is 84.0 Å². The van der Waals surface area contributed by atoms with Crippen molar-refractivity contribution < 1.29 is 29.0 Å². The molecule has 1 aromatic heterocycles. The first-order chi connectivity index (χ1) is 34.0. The van der Waals surface area contributed by atoms with Crippen LogP contribution in [-0.2, 0) is 16.1 Å². The SMILES string of the molecule is CCC=CCC=CCC=CCC=CCC=CCC=CCCC(=O)N1CCC(NC(=O)CC(O)CC(O)CCn2c(-c3ccc(F)cc3)c(-c3ccccc3)c(C(=O)Nc3ccccc3)c2C(C)C)CC1. The molecule has 1 aliphatic rings. The third-order valence-corrected chi connectivity index (χ3v) is 12.3. The molecule has 0 radical (unpaired) electrons. The molecule has 9 nitrogen and oxygen atoms in total. The number of anilines is 1. The average Bonchev–Trinajstić information content (AvgIpc) is 3.70. The Bertz CT molecular complexity index is 2390. The smallest absolute Gasteiger partial charge is 0.258 e. The predicted molar refractivity (Wildman–Crippen MR) is 285 cm³/mol. The molecule has 0 bridgehead atoms. The van der Waals surface area contributed by atoms with E-state index < -0.39 is 12.2 Å². The monoisotopic (exact) mass is 951 g/mol. The number of nitrogens with zero attached hydrogens (tertiary/aromatic N) is 2. The number of aromatic nitrogens is 1. The number of benzene rings is 3. The Morgan fingerprint density at radius 1 is 0.700 bits per heavy atom. The van der Waals surface area contributed by atoms with Gasteiger partial charge in [-0.25, -0.2) is 4.39 Å². The second-order valence-corrected chi connectivity index (χ2v) is 18.2. The number of piperidine rings is 1. The van der Waals surface area contributed by atoms with E-state index in [1.165, 1.54) is 12.1 Å². The Morgan fingerprint density at radius 2 is 1.24 bits per heavy atom. The Morgan fingerprint density at radius 3 is 1.80 bits per heavy atom. The first-order valence-corrected chi connectivity index (χ1v) is 25.3. The van der Waals surface area contributed by atoms with Crippen LogP contribution in [-0.4, -0.2) is 68.7 Å². The van der Waals surface area contributed by atoms with Crippen molar-refractivity contribution in [2.45, 2.75) is 135 Å². The van der Waals surface area contributed by atoms with Crippen molar-refractivity contribution in [2.24, 2.45) is 0 Å². The van der Waals surface area contributed by atoms with Crippen LogP contribution >= 0.6 is 0 Å². The van der Waals surface area contributed by atoms with Gasteiger partial charge in [0.1, 0.15) is 5.82 Å². The van der Waals surface area contributed by atoms with Gasteiger partial charge in [0.25, 0.3) is 5.91 Å². The lowest BCUT2D eigenvalue weighted by Gasteiger charge is -2.32. The van der Waals surface area contributed by atoms with Crippen molar-refractivity contribution >= 4 is 23.4 Å². The van der Waals surface area contributed by atoms with Crippen molar-refractivity contribution in [3.63, 3.8) is 0 Å². The van der Waals surface area contributed by atoms with Gasteiger partial charge in [0.15, 0.2) is 0 Å². The molecule has 0 saturated carbocycles. The molecular formula is C60H75FN4O5. The summed E-state index contributed by atoms with van der Waals surface area (Å²) in [6.45, 7) is 7.60. The number of carbonyl (C=O) groups is 3. The molecule has 4 N–H and O–H groups in total. The molecule has 1 fully saturated rings. The van der Waals surface area contributed by atoms with Crippen molar-refractivity contribution in [3.8, 4) is 22.4 Å². The Kier molecular flexibility index (Phi) is 23.6. The zero-order chi connectivity index (χ0) is 49.9. The van der Waals surface area contributed by atoms with Crippen molar-refractivity contribution in [2.75, 3.05) is 18.4 Å². The van der Waals surface area contributed by atoms with Crippen LogP contribution in [0.25, 0.3) is 22.4 Å². The molecule has 2 heterocycles. The summed E-state index contributed by atoms with van der Waals surface area (Å²) in [6.07, 6.45) is 32.1. The zero-order valence-corrected chi connectivity index (χ0v) is 41.5. The molecule has 4 aromatic rings. The van der Waals surface area contributed by atoms with Gasteiger partial charge in [-0.1, -0.05) is 142 Å². The summed E-state index contributed by atoms with van der Waals surface area (Å²) in [4.78, 5) is 42.2. The number of nitrogens with one attached hydrogen (secondary N) is 2. The quantitative estimate of drug-likeness (QED) is 0.0443. The van der Waals surface area contributed by atoms with Crippen molar-refractivity contribution in [3.05, 3.63) is 175 Å². The molecular weight excluding hydrogens is 876 g/mol. The zero-order valence-electron chi connectivity index (χ0n) is 41.5. The van der Waals surface area contributed by atoms with Crippen LogP contribution in [0.5, 0.6) is 0 Å². The number of hydrogen-bond donors (Lipinski definition) is 4. The van der Waals surface area contributed by atoms with E-state index in [0.717, 1.165) is 55.5 Å². The second-order valence-electron chi connectivity index (χ2n) is 18.2.